The summed E-state index contributed by atoms with van der Waals surface area (Å²) >= 11 is 1.75. The van der Waals surface area contributed by atoms with Gasteiger partial charge in [-0.05, 0) is 38.3 Å². The van der Waals surface area contributed by atoms with E-state index in [4.69, 9.17) is 15.5 Å². The molecule has 7 nitrogen and oxygen atoms in total. The summed E-state index contributed by atoms with van der Waals surface area (Å²) in [6.07, 6.45) is 8.25. The van der Waals surface area contributed by atoms with E-state index in [-0.39, 0.29) is 5.72 Å². The molecule has 2 aliphatic rings. The topological polar surface area (TPSA) is 89.2 Å². The van der Waals surface area contributed by atoms with Gasteiger partial charge in [0.05, 0.1) is 34.2 Å². The van der Waals surface area contributed by atoms with Crippen LogP contribution in [-0.4, -0.2) is 32.8 Å². The maximum atomic E-state index is 6.42. The second-order valence-electron chi connectivity index (χ2n) is 8.27. The quantitative estimate of drug-likeness (QED) is 0.667. The summed E-state index contributed by atoms with van der Waals surface area (Å²) in [6.45, 7) is 4.93. The van der Waals surface area contributed by atoms with Gasteiger partial charge in [0.15, 0.2) is 10.9 Å². The van der Waals surface area contributed by atoms with Gasteiger partial charge in [0.25, 0.3) is 0 Å². The number of hydrogen-bond donors (Lipinski definition) is 2. The molecule has 0 bridgehead atoms. The number of thiazole rings is 1. The molecule has 1 aromatic carbocycles. The number of aromatic nitrogens is 3. The van der Waals surface area contributed by atoms with Crippen molar-refractivity contribution in [2.75, 3.05) is 16.0 Å². The maximum Gasteiger partial charge on any atom is 0.189 e. The predicted molar refractivity (Wildman–Crippen MR) is 117 cm³/mol. The molecule has 0 radical (unpaired) electrons. The summed E-state index contributed by atoms with van der Waals surface area (Å²) in [7, 11) is 0. The number of ether oxygens (including phenoxy) is 1. The van der Waals surface area contributed by atoms with Gasteiger partial charge in [-0.25, -0.2) is 15.0 Å². The molecular weight excluding hydrogens is 384 g/mol. The fraction of sp³-hybridized carbons (Fsp3) is 0.476. The molecule has 0 amide bonds. The van der Waals surface area contributed by atoms with E-state index >= 15 is 0 Å². The zero-order valence-corrected chi connectivity index (χ0v) is 17.6. The first-order chi connectivity index (χ1) is 14.0. The van der Waals surface area contributed by atoms with Crippen LogP contribution in [0.15, 0.2) is 30.7 Å². The molecule has 2 aromatic heterocycles. The zero-order valence-electron chi connectivity index (χ0n) is 16.8. The molecule has 1 saturated carbocycles. The number of nitrogens with one attached hydrogen (secondary N) is 1. The number of benzene rings is 1. The average Bonchev–Trinajstić information content (AvgIpc) is 3.23. The van der Waals surface area contributed by atoms with Crippen LogP contribution in [0.4, 0.5) is 16.6 Å². The summed E-state index contributed by atoms with van der Waals surface area (Å²) < 4.78 is 7.60. The van der Waals surface area contributed by atoms with Crippen LogP contribution in [0.25, 0.3) is 10.2 Å². The lowest BCUT2D eigenvalue weighted by Gasteiger charge is -2.34. The van der Waals surface area contributed by atoms with Crippen molar-refractivity contribution in [1.29, 1.82) is 0 Å². The number of nitrogens with two attached hydrogens (primary N) is 1. The molecule has 0 unspecified atom stereocenters. The number of fused-ring (bicyclic) bond motifs is 2. The van der Waals surface area contributed by atoms with Crippen molar-refractivity contribution in [3.8, 4) is 0 Å². The fourth-order valence-electron chi connectivity index (χ4n) is 4.62. The van der Waals surface area contributed by atoms with Crippen LogP contribution in [-0.2, 0) is 11.3 Å². The van der Waals surface area contributed by atoms with Crippen LogP contribution in [0.5, 0.6) is 0 Å². The van der Waals surface area contributed by atoms with Crippen molar-refractivity contribution in [2.24, 2.45) is 0 Å². The van der Waals surface area contributed by atoms with E-state index in [9.17, 15) is 0 Å². The molecule has 3 N–H and O–H groups in total. The first-order valence-electron chi connectivity index (χ1n) is 10.2. The predicted octanol–water partition coefficient (Wildman–Crippen LogP) is 4.16. The summed E-state index contributed by atoms with van der Waals surface area (Å²) in [5, 5.41) is 4.36. The molecule has 8 heteroatoms. The molecule has 1 aliphatic carbocycles. The number of rotatable bonds is 4. The van der Waals surface area contributed by atoms with Crippen molar-refractivity contribution in [2.45, 2.75) is 63.9 Å². The van der Waals surface area contributed by atoms with Gasteiger partial charge in [-0.2, -0.15) is 0 Å². The summed E-state index contributed by atoms with van der Waals surface area (Å²) in [5.41, 5.74) is 8.32. The van der Waals surface area contributed by atoms with Gasteiger partial charge in [0.2, 0.25) is 0 Å². The van der Waals surface area contributed by atoms with Crippen LogP contribution >= 0.6 is 11.3 Å². The number of para-hydroxylation sites is 1. The molecular formula is C21H26N6OS. The van der Waals surface area contributed by atoms with Crippen molar-refractivity contribution in [3.05, 3.63) is 36.3 Å². The Morgan fingerprint density at radius 3 is 3.03 bits per heavy atom. The van der Waals surface area contributed by atoms with E-state index in [0.29, 0.717) is 30.2 Å². The second kappa shape index (κ2) is 7.11. The lowest BCUT2D eigenvalue weighted by Crippen LogP contribution is -2.45. The molecule has 2 atom stereocenters. The normalized spacial score (nSPS) is 23.3. The molecule has 152 valence electrons. The highest BCUT2D eigenvalue weighted by molar-refractivity contribution is 7.22. The Morgan fingerprint density at radius 1 is 1.31 bits per heavy atom. The minimum atomic E-state index is -0.332. The van der Waals surface area contributed by atoms with Crippen molar-refractivity contribution in [3.63, 3.8) is 0 Å². The molecule has 3 aromatic rings. The van der Waals surface area contributed by atoms with Crippen molar-refractivity contribution in [1.82, 2.24) is 15.0 Å². The Balaban J connectivity index is 1.46. The van der Waals surface area contributed by atoms with Crippen molar-refractivity contribution >= 4 is 38.2 Å². The van der Waals surface area contributed by atoms with Gasteiger partial charge >= 0.3 is 0 Å². The highest BCUT2D eigenvalue weighted by atomic mass is 32.1. The number of nitrogen functional groups attached to an aromatic ring is 1. The van der Waals surface area contributed by atoms with Gasteiger partial charge in [0.1, 0.15) is 12.1 Å². The highest BCUT2D eigenvalue weighted by Crippen LogP contribution is 2.45. The number of anilines is 3. The Kier molecular flexibility index (Phi) is 4.55. The highest BCUT2D eigenvalue weighted by Gasteiger charge is 2.49. The summed E-state index contributed by atoms with van der Waals surface area (Å²) in [4.78, 5) is 15.6. The monoisotopic (exact) mass is 410 g/mol. The van der Waals surface area contributed by atoms with Crippen LogP contribution in [0, 0.1) is 0 Å². The minimum Gasteiger partial charge on any atom is -0.394 e. The zero-order chi connectivity index (χ0) is 20.0. The average molecular weight is 411 g/mol. The molecule has 1 aliphatic heterocycles. The smallest absolute Gasteiger partial charge is 0.189 e. The largest absolute Gasteiger partial charge is 0.394 e. The lowest BCUT2D eigenvalue weighted by molar-refractivity contribution is -0.0243. The van der Waals surface area contributed by atoms with E-state index in [0.717, 1.165) is 22.6 Å². The molecule has 29 heavy (non-hydrogen) atoms. The van der Waals surface area contributed by atoms with E-state index in [1.165, 1.54) is 30.3 Å². The number of nitrogens with zero attached hydrogens (tertiary/aromatic N) is 4. The molecule has 3 heterocycles. The Bertz CT molecular complexity index is 1030. The Morgan fingerprint density at radius 2 is 2.17 bits per heavy atom. The van der Waals surface area contributed by atoms with Crippen LogP contribution in [0.3, 0.4) is 0 Å². The molecule has 1 saturated heterocycles. The maximum absolute atomic E-state index is 6.42. The third kappa shape index (κ3) is 3.30. The van der Waals surface area contributed by atoms with Gasteiger partial charge in [-0.15, -0.1) is 0 Å². The van der Waals surface area contributed by atoms with E-state index in [2.05, 4.69) is 52.2 Å². The molecule has 5 rings (SSSR count). The van der Waals surface area contributed by atoms with E-state index in [1.54, 1.807) is 17.5 Å². The van der Waals surface area contributed by atoms with Crippen LogP contribution < -0.4 is 16.0 Å². The summed E-state index contributed by atoms with van der Waals surface area (Å²) in [6, 6.07) is 6.74. The van der Waals surface area contributed by atoms with Crippen LogP contribution in [0.2, 0.25) is 0 Å². The second-order valence-corrected chi connectivity index (χ2v) is 9.27. The van der Waals surface area contributed by atoms with Gasteiger partial charge < -0.3 is 20.7 Å². The Hall–Kier alpha value is -2.45. The fourth-order valence-corrected chi connectivity index (χ4v) is 5.82. The lowest BCUT2D eigenvalue weighted by atomic mass is 9.92. The van der Waals surface area contributed by atoms with Gasteiger partial charge in [0, 0.05) is 6.54 Å². The van der Waals surface area contributed by atoms with E-state index in [1.807, 2.05) is 0 Å². The number of hydrogen-bond acceptors (Lipinski definition) is 8. The van der Waals surface area contributed by atoms with Gasteiger partial charge in [-0.3, -0.25) is 0 Å². The third-order valence-corrected chi connectivity index (χ3v) is 6.92. The first kappa shape index (κ1) is 18.6. The van der Waals surface area contributed by atoms with Crippen LogP contribution in [0.1, 0.15) is 45.1 Å². The van der Waals surface area contributed by atoms with E-state index < -0.39 is 0 Å². The minimum absolute atomic E-state index is 0.313. The molecule has 2 fully saturated rings. The first-order valence-corrected chi connectivity index (χ1v) is 11.0. The molecule has 0 spiro atoms. The third-order valence-electron chi connectivity index (χ3n) is 5.90. The summed E-state index contributed by atoms with van der Waals surface area (Å²) in [5.74, 6) is 0.645. The van der Waals surface area contributed by atoms with Crippen molar-refractivity contribution < 1.29 is 4.74 Å². The SMILES string of the molecule is CC1(C)O[C@@H]2CCCC[C@H]2N1c1nc2c(CNc3ncncc3N)cccc2s1. The standard InChI is InChI=1S/C21H26N6OS/c1-21(2)27(15-7-3-4-8-16(15)28-21)20-26-18-13(6-5-9-17(18)29-20)10-24-19-14(22)11-23-12-25-19/h5-6,9,11-12,15-16H,3-4,7-8,10,22H2,1-2H3,(H,23,24,25)/t15-,16-/m1/s1. The Labute approximate surface area is 174 Å². The van der Waals surface area contributed by atoms with Gasteiger partial charge in [-0.1, -0.05) is 36.3 Å².